The molecule has 4 nitrogen and oxygen atoms in total. The molecule has 1 aromatic carbocycles. The summed E-state index contributed by atoms with van der Waals surface area (Å²) in [7, 11) is 0. The third-order valence-electron chi connectivity index (χ3n) is 4.59. The first kappa shape index (κ1) is 18.1. The van der Waals surface area contributed by atoms with Crippen molar-refractivity contribution in [2.45, 2.75) is 38.5 Å². The molecule has 1 amide bonds. The van der Waals surface area contributed by atoms with Crippen LogP contribution in [-0.2, 0) is 17.6 Å². The highest BCUT2D eigenvalue weighted by molar-refractivity contribution is 5.85. The van der Waals surface area contributed by atoms with Gasteiger partial charge in [0.25, 0.3) is 0 Å². The second-order valence-electron chi connectivity index (χ2n) is 6.22. The van der Waals surface area contributed by atoms with Crippen LogP contribution < -0.4 is 10.1 Å². The zero-order valence-corrected chi connectivity index (χ0v) is 14.5. The van der Waals surface area contributed by atoms with Crippen molar-refractivity contribution in [2.24, 2.45) is 0 Å². The fourth-order valence-electron chi connectivity index (χ4n) is 3.29. The molecule has 1 aliphatic heterocycles. The number of nitrogens with one attached hydrogen (secondary N) is 1. The number of piperazine rings is 1. The number of aryl methyl sites for hydroxylation is 2. The Balaban J connectivity index is 0.00000192. The minimum atomic E-state index is 0. The maximum Gasteiger partial charge on any atom is 0.222 e. The lowest BCUT2D eigenvalue weighted by Gasteiger charge is -2.27. The van der Waals surface area contributed by atoms with Gasteiger partial charge in [-0.3, -0.25) is 4.79 Å². The van der Waals surface area contributed by atoms with Gasteiger partial charge in [0.05, 0.1) is 6.61 Å². The Kier molecular flexibility index (Phi) is 7.18. The van der Waals surface area contributed by atoms with Gasteiger partial charge in [-0.05, 0) is 55.4 Å². The number of rotatable bonds is 5. The van der Waals surface area contributed by atoms with Crippen molar-refractivity contribution in [2.75, 3.05) is 32.8 Å². The summed E-state index contributed by atoms with van der Waals surface area (Å²) in [5, 5.41) is 3.26. The Morgan fingerprint density at radius 3 is 2.65 bits per heavy atom. The summed E-state index contributed by atoms with van der Waals surface area (Å²) in [6.07, 6.45) is 6.35. The van der Waals surface area contributed by atoms with Crippen LogP contribution in [-0.4, -0.2) is 43.6 Å². The van der Waals surface area contributed by atoms with E-state index in [0.717, 1.165) is 38.3 Å². The van der Waals surface area contributed by atoms with Gasteiger partial charge in [0, 0.05) is 32.6 Å². The number of benzene rings is 1. The van der Waals surface area contributed by atoms with Crippen LogP contribution >= 0.6 is 12.4 Å². The van der Waals surface area contributed by atoms with Crippen molar-refractivity contribution >= 4 is 18.3 Å². The third kappa shape index (κ3) is 5.11. The molecule has 5 heteroatoms. The number of ether oxygens (including phenoxy) is 1. The van der Waals surface area contributed by atoms with Crippen molar-refractivity contribution in [1.29, 1.82) is 0 Å². The van der Waals surface area contributed by atoms with Crippen molar-refractivity contribution < 1.29 is 9.53 Å². The van der Waals surface area contributed by atoms with E-state index in [9.17, 15) is 4.79 Å². The van der Waals surface area contributed by atoms with Crippen LogP contribution in [0.5, 0.6) is 5.75 Å². The number of amides is 1. The Labute approximate surface area is 145 Å². The smallest absolute Gasteiger partial charge is 0.222 e. The number of hydrogen-bond donors (Lipinski definition) is 1. The molecule has 3 rings (SSSR count). The Bertz CT molecular complexity index is 516. The van der Waals surface area contributed by atoms with Crippen LogP contribution in [0.1, 0.15) is 36.8 Å². The summed E-state index contributed by atoms with van der Waals surface area (Å²) in [5.74, 6) is 1.21. The Morgan fingerprint density at radius 1 is 1.13 bits per heavy atom. The summed E-state index contributed by atoms with van der Waals surface area (Å²) < 4.78 is 5.83. The molecular formula is C18H27ClN2O2. The van der Waals surface area contributed by atoms with Crippen LogP contribution in [0.2, 0.25) is 0 Å². The van der Waals surface area contributed by atoms with Crippen LogP contribution in [0.4, 0.5) is 0 Å². The summed E-state index contributed by atoms with van der Waals surface area (Å²) in [4.78, 5) is 14.0. The molecule has 1 fully saturated rings. The molecule has 0 radical (unpaired) electrons. The molecule has 1 saturated heterocycles. The summed E-state index contributed by atoms with van der Waals surface area (Å²) in [6, 6.07) is 6.46. The lowest BCUT2D eigenvalue weighted by Crippen LogP contribution is -2.46. The molecule has 0 unspecified atom stereocenters. The topological polar surface area (TPSA) is 41.6 Å². The predicted molar refractivity (Wildman–Crippen MR) is 94.5 cm³/mol. The van der Waals surface area contributed by atoms with E-state index in [0.29, 0.717) is 13.0 Å². The number of carbonyl (C=O) groups is 1. The third-order valence-corrected chi connectivity index (χ3v) is 4.59. The number of halogens is 1. The zero-order chi connectivity index (χ0) is 15.2. The first-order chi connectivity index (χ1) is 10.8. The van der Waals surface area contributed by atoms with Crippen LogP contribution in [0.3, 0.4) is 0 Å². The molecule has 0 saturated carbocycles. The van der Waals surface area contributed by atoms with Gasteiger partial charge in [-0.1, -0.05) is 6.07 Å². The molecular weight excluding hydrogens is 312 g/mol. The van der Waals surface area contributed by atoms with Gasteiger partial charge < -0.3 is 15.0 Å². The van der Waals surface area contributed by atoms with E-state index in [2.05, 4.69) is 23.5 Å². The Hall–Kier alpha value is -1.26. The molecule has 128 valence electrons. The highest BCUT2D eigenvalue weighted by atomic mass is 35.5. The molecule has 1 aromatic rings. The van der Waals surface area contributed by atoms with E-state index in [1.807, 2.05) is 4.90 Å². The first-order valence-corrected chi connectivity index (χ1v) is 8.56. The van der Waals surface area contributed by atoms with Crippen molar-refractivity contribution in [3.8, 4) is 5.75 Å². The predicted octanol–water partition coefficient (Wildman–Crippen LogP) is 2.58. The van der Waals surface area contributed by atoms with Gasteiger partial charge in [-0.2, -0.15) is 0 Å². The fraction of sp³-hybridized carbons (Fsp3) is 0.611. The van der Waals surface area contributed by atoms with E-state index < -0.39 is 0 Å². The van der Waals surface area contributed by atoms with Crippen molar-refractivity contribution in [1.82, 2.24) is 10.2 Å². The lowest BCUT2D eigenvalue weighted by molar-refractivity contribution is -0.132. The second-order valence-corrected chi connectivity index (χ2v) is 6.22. The lowest BCUT2D eigenvalue weighted by atomic mass is 9.92. The molecule has 0 atom stereocenters. The summed E-state index contributed by atoms with van der Waals surface area (Å²) >= 11 is 0. The number of nitrogens with zero attached hydrogens (tertiary/aromatic N) is 1. The van der Waals surface area contributed by atoms with Gasteiger partial charge in [-0.15, -0.1) is 12.4 Å². The Morgan fingerprint density at radius 2 is 1.87 bits per heavy atom. The van der Waals surface area contributed by atoms with Gasteiger partial charge in [0.2, 0.25) is 5.91 Å². The standard InChI is InChI=1S/C18H26N2O2.ClH/c21-18(20-11-9-19-10-12-20)6-3-13-22-17-8-7-15-4-1-2-5-16(15)14-17;/h7-8,14,19H,1-6,9-13H2;1H. The maximum absolute atomic E-state index is 12.0. The second kappa shape index (κ2) is 9.14. The first-order valence-electron chi connectivity index (χ1n) is 8.56. The minimum Gasteiger partial charge on any atom is -0.494 e. The fourth-order valence-corrected chi connectivity index (χ4v) is 3.29. The molecule has 23 heavy (non-hydrogen) atoms. The van der Waals surface area contributed by atoms with E-state index in [1.165, 1.54) is 36.8 Å². The van der Waals surface area contributed by atoms with Crippen molar-refractivity contribution in [3.63, 3.8) is 0 Å². The molecule has 1 N–H and O–H groups in total. The highest BCUT2D eigenvalue weighted by Gasteiger charge is 2.15. The maximum atomic E-state index is 12.0. The van der Waals surface area contributed by atoms with Crippen LogP contribution in [0, 0.1) is 0 Å². The number of fused-ring (bicyclic) bond motifs is 1. The van der Waals surface area contributed by atoms with Crippen LogP contribution in [0.15, 0.2) is 18.2 Å². The molecule has 1 heterocycles. The molecule has 1 aliphatic carbocycles. The van der Waals surface area contributed by atoms with Gasteiger partial charge >= 0.3 is 0 Å². The zero-order valence-electron chi connectivity index (χ0n) is 13.7. The molecule has 2 aliphatic rings. The van der Waals surface area contributed by atoms with E-state index in [1.54, 1.807) is 0 Å². The SMILES string of the molecule is Cl.O=C(CCCOc1ccc2c(c1)CCCC2)N1CCNCC1. The van der Waals surface area contributed by atoms with E-state index in [-0.39, 0.29) is 18.3 Å². The average Bonchev–Trinajstić information content (AvgIpc) is 2.59. The normalized spacial score (nSPS) is 17.1. The van der Waals surface area contributed by atoms with Crippen molar-refractivity contribution in [3.05, 3.63) is 29.3 Å². The monoisotopic (exact) mass is 338 g/mol. The number of carbonyl (C=O) groups excluding carboxylic acids is 1. The minimum absolute atomic E-state index is 0. The van der Waals surface area contributed by atoms with E-state index >= 15 is 0 Å². The largest absolute Gasteiger partial charge is 0.494 e. The van der Waals surface area contributed by atoms with Gasteiger partial charge in [0.15, 0.2) is 0 Å². The molecule has 0 bridgehead atoms. The summed E-state index contributed by atoms with van der Waals surface area (Å²) in [6.45, 7) is 4.13. The van der Waals surface area contributed by atoms with Crippen LogP contribution in [0.25, 0.3) is 0 Å². The summed E-state index contributed by atoms with van der Waals surface area (Å²) in [5.41, 5.74) is 2.92. The van der Waals surface area contributed by atoms with E-state index in [4.69, 9.17) is 4.74 Å². The quantitative estimate of drug-likeness (QED) is 0.839. The molecule has 0 aromatic heterocycles. The van der Waals surface area contributed by atoms with Gasteiger partial charge in [0.1, 0.15) is 5.75 Å². The number of hydrogen-bond acceptors (Lipinski definition) is 3. The highest BCUT2D eigenvalue weighted by Crippen LogP contribution is 2.25. The average molecular weight is 339 g/mol. The van der Waals surface area contributed by atoms with Gasteiger partial charge in [-0.25, -0.2) is 0 Å². The molecule has 0 spiro atoms.